The largest absolute Gasteiger partial charge is 0.342 e. The van der Waals surface area contributed by atoms with Crippen LogP contribution in [0.4, 0.5) is 0 Å². The van der Waals surface area contributed by atoms with Gasteiger partial charge in [-0.25, -0.2) is 0 Å². The minimum Gasteiger partial charge on any atom is -0.342 e. The summed E-state index contributed by atoms with van der Waals surface area (Å²) in [6.45, 7) is 2.12. The fraction of sp³-hybridized carbons (Fsp3) is 0.333. The molecule has 0 radical (unpaired) electrons. The number of halogens is 1. The van der Waals surface area contributed by atoms with Crippen molar-refractivity contribution >= 4 is 17.5 Å². The van der Waals surface area contributed by atoms with Gasteiger partial charge in [0.05, 0.1) is 12.6 Å². The predicted octanol–water partition coefficient (Wildman–Crippen LogP) is 1.63. The van der Waals surface area contributed by atoms with Crippen molar-refractivity contribution in [1.82, 2.24) is 10.6 Å². The Morgan fingerprint density at radius 2 is 2.24 bits per heavy atom. The first-order valence-electron chi connectivity index (χ1n) is 5.26. The Kier molecular flexibility index (Phi) is 5.47. The maximum atomic E-state index is 11.3. The second-order valence-corrected chi connectivity index (χ2v) is 3.97. The Labute approximate surface area is 106 Å². The minimum atomic E-state index is -0.203. The van der Waals surface area contributed by atoms with Gasteiger partial charge in [0, 0.05) is 11.1 Å². The molecule has 90 valence electrons. The summed E-state index contributed by atoms with van der Waals surface area (Å²) in [5, 5.41) is 14.5. The Morgan fingerprint density at radius 1 is 1.53 bits per heavy atom. The Hall–Kier alpha value is -1.57. The monoisotopic (exact) mass is 251 g/mol. The fourth-order valence-corrected chi connectivity index (χ4v) is 1.68. The fourth-order valence-electron chi connectivity index (χ4n) is 1.38. The molecule has 4 nitrogen and oxygen atoms in total. The number of benzene rings is 1. The third-order valence-corrected chi connectivity index (χ3v) is 2.65. The number of nitriles is 1. The van der Waals surface area contributed by atoms with E-state index < -0.39 is 0 Å². The van der Waals surface area contributed by atoms with Gasteiger partial charge in [0.1, 0.15) is 6.54 Å². The maximum absolute atomic E-state index is 11.3. The van der Waals surface area contributed by atoms with Gasteiger partial charge >= 0.3 is 0 Å². The molecule has 0 aliphatic heterocycles. The van der Waals surface area contributed by atoms with E-state index in [1.165, 1.54) is 0 Å². The topological polar surface area (TPSA) is 64.9 Å². The molecular formula is C12H14ClN3O. The molecule has 0 spiro atoms. The summed E-state index contributed by atoms with van der Waals surface area (Å²) >= 11 is 6.03. The zero-order valence-electron chi connectivity index (χ0n) is 9.53. The van der Waals surface area contributed by atoms with Crippen molar-refractivity contribution < 1.29 is 4.79 Å². The summed E-state index contributed by atoms with van der Waals surface area (Å²) in [6, 6.07) is 9.31. The smallest absolute Gasteiger partial charge is 0.234 e. The van der Waals surface area contributed by atoms with E-state index in [2.05, 4.69) is 10.6 Å². The quantitative estimate of drug-likeness (QED) is 0.782. The summed E-state index contributed by atoms with van der Waals surface area (Å²) in [5.74, 6) is -0.203. The predicted molar refractivity (Wildman–Crippen MR) is 66.5 cm³/mol. The highest BCUT2D eigenvalue weighted by Crippen LogP contribution is 2.21. The number of hydrogen-bond donors (Lipinski definition) is 2. The second-order valence-electron chi connectivity index (χ2n) is 3.56. The van der Waals surface area contributed by atoms with Crippen LogP contribution in [0.3, 0.4) is 0 Å². The van der Waals surface area contributed by atoms with Gasteiger partial charge in [-0.2, -0.15) is 5.26 Å². The number of nitrogens with one attached hydrogen (secondary N) is 2. The number of carbonyl (C=O) groups excluding carboxylic acids is 1. The average molecular weight is 252 g/mol. The van der Waals surface area contributed by atoms with Gasteiger partial charge in [0.15, 0.2) is 0 Å². The molecule has 0 bridgehead atoms. The molecule has 1 aromatic rings. The lowest BCUT2D eigenvalue weighted by Gasteiger charge is -2.15. The van der Waals surface area contributed by atoms with Gasteiger partial charge < -0.3 is 10.6 Å². The van der Waals surface area contributed by atoms with E-state index in [0.717, 1.165) is 5.56 Å². The molecule has 1 amide bonds. The van der Waals surface area contributed by atoms with Crippen molar-refractivity contribution in [2.45, 2.75) is 13.0 Å². The lowest BCUT2D eigenvalue weighted by Crippen LogP contribution is -2.35. The van der Waals surface area contributed by atoms with E-state index in [1.807, 2.05) is 37.3 Å². The van der Waals surface area contributed by atoms with Crippen LogP contribution in [-0.2, 0) is 4.79 Å². The van der Waals surface area contributed by atoms with Crippen LogP contribution >= 0.6 is 11.6 Å². The standard InChI is InChI=1S/C12H14ClN3O/c1-9(10-4-2-3-5-11(10)13)16-8-12(17)15-7-6-14/h2-5,9,16H,7-8H2,1H3,(H,15,17). The first-order chi connectivity index (χ1) is 8.15. The summed E-state index contributed by atoms with van der Waals surface area (Å²) in [4.78, 5) is 11.3. The zero-order chi connectivity index (χ0) is 12.7. The van der Waals surface area contributed by atoms with E-state index >= 15 is 0 Å². The molecule has 2 N–H and O–H groups in total. The number of carbonyl (C=O) groups is 1. The summed E-state index contributed by atoms with van der Waals surface area (Å²) in [6.07, 6.45) is 0. The Morgan fingerprint density at radius 3 is 2.88 bits per heavy atom. The molecule has 0 saturated heterocycles. The Balaban J connectivity index is 2.45. The van der Waals surface area contributed by atoms with Gasteiger partial charge in [-0.1, -0.05) is 29.8 Å². The first kappa shape index (κ1) is 13.5. The van der Waals surface area contributed by atoms with Crippen LogP contribution < -0.4 is 10.6 Å². The summed E-state index contributed by atoms with van der Waals surface area (Å²) in [7, 11) is 0. The van der Waals surface area contributed by atoms with Crippen molar-refractivity contribution in [3.63, 3.8) is 0 Å². The highest BCUT2D eigenvalue weighted by atomic mass is 35.5. The summed E-state index contributed by atoms with van der Waals surface area (Å²) in [5.41, 5.74) is 0.947. The Bertz CT molecular complexity index is 428. The number of rotatable bonds is 5. The van der Waals surface area contributed by atoms with E-state index in [0.29, 0.717) is 5.02 Å². The molecule has 1 aromatic carbocycles. The molecule has 1 rings (SSSR count). The van der Waals surface area contributed by atoms with Crippen LogP contribution in [0, 0.1) is 11.3 Å². The molecule has 5 heteroatoms. The van der Waals surface area contributed by atoms with Crippen LogP contribution in [0.2, 0.25) is 5.02 Å². The summed E-state index contributed by atoms with van der Waals surface area (Å²) < 4.78 is 0. The van der Waals surface area contributed by atoms with Crippen molar-refractivity contribution in [3.05, 3.63) is 34.9 Å². The maximum Gasteiger partial charge on any atom is 0.234 e. The SMILES string of the molecule is CC(NCC(=O)NCC#N)c1ccccc1Cl. The van der Waals surface area contributed by atoms with Gasteiger partial charge in [-0.05, 0) is 18.6 Å². The number of nitrogens with zero attached hydrogens (tertiary/aromatic N) is 1. The molecule has 0 fully saturated rings. The van der Waals surface area contributed by atoms with Crippen molar-refractivity contribution in [2.24, 2.45) is 0 Å². The van der Waals surface area contributed by atoms with Gasteiger partial charge in [-0.3, -0.25) is 4.79 Å². The van der Waals surface area contributed by atoms with Crippen LogP contribution in [0.15, 0.2) is 24.3 Å². The first-order valence-corrected chi connectivity index (χ1v) is 5.64. The third-order valence-electron chi connectivity index (χ3n) is 2.31. The van der Waals surface area contributed by atoms with E-state index in [-0.39, 0.29) is 25.0 Å². The zero-order valence-corrected chi connectivity index (χ0v) is 10.3. The van der Waals surface area contributed by atoms with Gasteiger partial charge in [0.2, 0.25) is 5.91 Å². The van der Waals surface area contributed by atoms with Crippen molar-refractivity contribution in [1.29, 1.82) is 5.26 Å². The molecule has 0 saturated carbocycles. The highest BCUT2D eigenvalue weighted by Gasteiger charge is 2.09. The van der Waals surface area contributed by atoms with E-state index in [9.17, 15) is 4.79 Å². The molecule has 0 aliphatic carbocycles. The lowest BCUT2D eigenvalue weighted by atomic mass is 10.1. The third kappa shape index (κ3) is 4.43. The number of amides is 1. The number of hydrogen-bond acceptors (Lipinski definition) is 3. The van der Waals surface area contributed by atoms with Crippen LogP contribution in [0.25, 0.3) is 0 Å². The second kappa shape index (κ2) is 6.89. The molecular weight excluding hydrogens is 238 g/mol. The molecule has 1 atom stereocenters. The van der Waals surface area contributed by atoms with Crippen LogP contribution in [0.5, 0.6) is 0 Å². The van der Waals surface area contributed by atoms with Gasteiger partial charge in [-0.15, -0.1) is 0 Å². The van der Waals surface area contributed by atoms with Crippen LogP contribution in [-0.4, -0.2) is 19.0 Å². The molecule has 0 aromatic heterocycles. The van der Waals surface area contributed by atoms with Gasteiger partial charge in [0.25, 0.3) is 0 Å². The molecule has 1 unspecified atom stereocenters. The van der Waals surface area contributed by atoms with E-state index in [4.69, 9.17) is 16.9 Å². The lowest BCUT2D eigenvalue weighted by molar-refractivity contribution is -0.120. The highest BCUT2D eigenvalue weighted by molar-refractivity contribution is 6.31. The molecule has 0 heterocycles. The molecule has 17 heavy (non-hydrogen) atoms. The van der Waals surface area contributed by atoms with Crippen LogP contribution in [0.1, 0.15) is 18.5 Å². The average Bonchev–Trinajstić information content (AvgIpc) is 2.34. The molecule has 0 aliphatic rings. The normalized spacial score (nSPS) is 11.6. The van der Waals surface area contributed by atoms with Crippen molar-refractivity contribution in [2.75, 3.05) is 13.1 Å². The van der Waals surface area contributed by atoms with Crippen molar-refractivity contribution in [3.8, 4) is 6.07 Å². The van der Waals surface area contributed by atoms with E-state index in [1.54, 1.807) is 0 Å². The minimum absolute atomic E-state index is 0.0171.